The fourth-order valence-corrected chi connectivity index (χ4v) is 5.87. The summed E-state index contributed by atoms with van der Waals surface area (Å²) in [5.41, 5.74) is 9.75. The van der Waals surface area contributed by atoms with Crippen molar-refractivity contribution in [2.24, 2.45) is 5.73 Å². The maximum Gasteiger partial charge on any atom is 0.221 e. The summed E-state index contributed by atoms with van der Waals surface area (Å²) < 4.78 is 13.2. The second-order valence-corrected chi connectivity index (χ2v) is 10.5. The summed E-state index contributed by atoms with van der Waals surface area (Å²) in [4.78, 5) is 14.3. The molecule has 200 valence electrons. The first-order chi connectivity index (χ1) is 18.2. The van der Waals surface area contributed by atoms with Crippen molar-refractivity contribution in [1.29, 1.82) is 0 Å². The third kappa shape index (κ3) is 7.76. The molecule has 1 amide bonds. The van der Waals surface area contributed by atoms with Gasteiger partial charge in [0.1, 0.15) is 0 Å². The first kappa shape index (κ1) is 27.6. The highest BCUT2D eigenvalue weighted by atomic mass is 16.5. The molecule has 37 heavy (non-hydrogen) atoms. The Kier molecular flexibility index (Phi) is 10.8. The zero-order chi connectivity index (χ0) is 25.9. The van der Waals surface area contributed by atoms with Crippen LogP contribution in [0, 0.1) is 0 Å². The molecule has 1 aliphatic heterocycles. The van der Waals surface area contributed by atoms with Crippen molar-refractivity contribution in [1.82, 2.24) is 4.90 Å². The van der Waals surface area contributed by atoms with Crippen LogP contribution in [0.2, 0.25) is 0 Å². The molecule has 3 atom stereocenters. The van der Waals surface area contributed by atoms with Gasteiger partial charge in [0, 0.05) is 6.04 Å². The van der Waals surface area contributed by atoms with Gasteiger partial charge in [-0.1, -0.05) is 86.9 Å². The number of unbranched alkanes of at least 4 members (excludes halogenated alkanes) is 1. The number of nitrogens with zero attached hydrogens (tertiary/aromatic N) is 1. The number of rotatable bonds is 12. The third-order valence-electron chi connectivity index (χ3n) is 7.75. The van der Waals surface area contributed by atoms with Crippen LogP contribution in [-0.2, 0) is 27.3 Å². The molecule has 0 unspecified atom stereocenters. The molecule has 1 saturated heterocycles. The smallest absolute Gasteiger partial charge is 0.221 e. The molecule has 2 aromatic carbocycles. The highest BCUT2D eigenvalue weighted by Crippen LogP contribution is 2.33. The Bertz CT molecular complexity index is 1010. The highest BCUT2D eigenvalue weighted by Gasteiger charge is 2.41. The summed E-state index contributed by atoms with van der Waals surface area (Å²) in [7, 11) is 0. The van der Waals surface area contributed by atoms with Gasteiger partial charge in [0.2, 0.25) is 5.91 Å². The number of carbonyl (C=O) groups excluding carboxylic acids is 1. The number of carbonyl (C=O) groups is 1. The van der Waals surface area contributed by atoms with Crippen LogP contribution in [0.4, 0.5) is 0 Å². The van der Waals surface area contributed by atoms with Gasteiger partial charge in [-0.3, -0.25) is 9.69 Å². The summed E-state index contributed by atoms with van der Waals surface area (Å²) >= 11 is 0. The molecule has 2 N–H and O–H groups in total. The molecule has 2 aromatic rings. The number of allylic oxidation sites excluding steroid dienone is 1. The number of amides is 1. The van der Waals surface area contributed by atoms with Gasteiger partial charge in [0.15, 0.2) is 0 Å². The van der Waals surface area contributed by atoms with E-state index in [4.69, 9.17) is 15.2 Å². The molecule has 2 aliphatic rings. The topological polar surface area (TPSA) is 64.8 Å². The minimum atomic E-state index is -0.320. The van der Waals surface area contributed by atoms with Gasteiger partial charge in [-0.25, -0.2) is 0 Å². The van der Waals surface area contributed by atoms with Crippen molar-refractivity contribution in [2.45, 2.75) is 89.6 Å². The van der Waals surface area contributed by atoms with Crippen LogP contribution in [0.5, 0.6) is 0 Å². The molecule has 2 fully saturated rings. The van der Waals surface area contributed by atoms with Crippen LogP contribution in [0.1, 0.15) is 69.4 Å². The van der Waals surface area contributed by atoms with Gasteiger partial charge >= 0.3 is 0 Å². The minimum absolute atomic E-state index is 0.0711. The van der Waals surface area contributed by atoms with Crippen LogP contribution >= 0.6 is 0 Å². The molecule has 5 heteroatoms. The van der Waals surface area contributed by atoms with Gasteiger partial charge in [-0.15, -0.1) is 0 Å². The fraction of sp³-hybridized carbons (Fsp3) is 0.531. The van der Waals surface area contributed by atoms with Gasteiger partial charge in [0.25, 0.3) is 0 Å². The number of nitrogens with two attached hydrogens (primary N) is 1. The van der Waals surface area contributed by atoms with Crippen molar-refractivity contribution >= 4 is 5.91 Å². The van der Waals surface area contributed by atoms with E-state index in [0.29, 0.717) is 19.3 Å². The lowest BCUT2D eigenvalue weighted by Crippen LogP contribution is -2.45. The Hall–Kier alpha value is -2.47. The fourth-order valence-electron chi connectivity index (χ4n) is 5.87. The number of benzene rings is 2. The number of likely N-dealkylation sites (tertiary alicyclic amines) is 1. The molecule has 4 rings (SSSR count). The Balaban J connectivity index is 1.49. The minimum Gasteiger partial charge on any atom is -0.371 e. The quantitative estimate of drug-likeness (QED) is 0.358. The molecular weight excluding hydrogens is 460 g/mol. The number of primary amides is 1. The van der Waals surface area contributed by atoms with Gasteiger partial charge in [-0.05, 0) is 67.4 Å². The molecule has 1 heterocycles. The Morgan fingerprint density at radius 1 is 0.919 bits per heavy atom. The Morgan fingerprint density at radius 2 is 1.59 bits per heavy atom. The van der Waals surface area contributed by atoms with E-state index < -0.39 is 0 Å². The molecule has 1 saturated carbocycles. The molecule has 0 aromatic heterocycles. The van der Waals surface area contributed by atoms with E-state index >= 15 is 0 Å². The number of hydrogen-bond acceptors (Lipinski definition) is 4. The SMILES string of the molecule is CCCC=CCO[C@@H]1[C@@H](OCc2ccccc2-c2ccccc2CC(N)=O)CC[C@H]1N1CCCCCC1. The van der Waals surface area contributed by atoms with Crippen LogP contribution < -0.4 is 5.73 Å². The van der Waals surface area contributed by atoms with Crippen LogP contribution in [-0.4, -0.2) is 48.8 Å². The molecule has 0 bridgehead atoms. The highest BCUT2D eigenvalue weighted by molar-refractivity contribution is 5.81. The predicted octanol–water partition coefficient (Wildman–Crippen LogP) is 6.05. The first-order valence-electron chi connectivity index (χ1n) is 14.2. The van der Waals surface area contributed by atoms with E-state index in [-0.39, 0.29) is 24.5 Å². The predicted molar refractivity (Wildman–Crippen MR) is 150 cm³/mol. The lowest BCUT2D eigenvalue weighted by Gasteiger charge is -2.33. The summed E-state index contributed by atoms with van der Waals surface area (Å²) in [6.45, 7) is 5.70. The molecule has 0 spiro atoms. The number of ether oxygens (including phenoxy) is 2. The molecule has 1 aliphatic carbocycles. The van der Waals surface area contributed by atoms with Gasteiger partial charge < -0.3 is 15.2 Å². The van der Waals surface area contributed by atoms with E-state index in [0.717, 1.165) is 47.9 Å². The molecule has 0 radical (unpaired) electrons. The van der Waals surface area contributed by atoms with Crippen molar-refractivity contribution in [3.63, 3.8) is 0 Å². The van der Waals surface area contributed by atoms with Crippen molar-refractivity contribution in [3.05, 3.63) is 71.8 Å². The van der Waals surface area contributed by atoms with Crippen molar-refractivity contribution < 1.29 is 14.3 Å². The average Bonchev–Trinajstić information content (AvgIpc) is 3.10. The van der Waals surface area contributed by atoms with E-state index in [1.807, 2.05) is 24.3 Å². The van der Waals surface area contributed by atoms with E-state index in [1.165, 1.54) is 38.8 Å². The van der Waals surface area contributed by atoms with Crippen LogP contribution in [0.15, 0.2) is 60.7 Å². The second-order valence-electron chi connectivity index (χ2n) is 10.5. The van der Waals surface area contributed by atoms with Crippen molar-refractivity contribution in [2.75, 3.05) is 19.7 Å². The maximum absolute atomic E-state index is 11.7. The lowest BCUT2D eigenvalue weighted by atomic mass is 9.94. The standard InChI is InChI=1S/C32H44N2O3/c1-2-3-4-13-22-36-32-29(34-20-11-5-6-12-21-34)18-19-30(32)37-24-26-15-8-10-17-28(26)27-16-9-7-14-25(27)23-31(33)35/h4,7-10,13-17,29-30,32H,2-3,5-6,11-12,18-24H2,1H3,(H2,33,35)/t29-,30+,32+/m1/s1. The van der Waals surface area contributed by atoms with Crippen molar-refractivity contribution in [3.8, 4) is 11.1 Å². The Morgan fingerprint density at radius 3 is 2.30 bits per heavy atom. The Labute approximate surface area is 223 Å². The largest absolute Gasteiger partial charge is 0.371 e. The zero-order valence-corrected chi connectivity index (χ0v) is 22.4. The van der Waals surface area contributed by atoms with Crippen LogP contribution in [0.3, 0.4) is 0 Å². The monoisotopic (exact) mass is 504 g/mol. The average molecular weight is 505 g/mol. The van der Waals surface area contributed by atoms with E-state index in [9.17, 15) is 4.79 Å². The molecule has 5 nitrogen and oxygen atoms in total. The lowest BCUT2D eigenvalue weighted by molar-refractivity contribution is -0.117. The molecular formula is C32H44N2O3. The van der Waals surface area contributed by atoms with Gasteiger partial charge in [-0.2, -0.15) is 0 Å². The third-order valence-corrected chi connectivity index (χ3v) is 7.75. The van der Waals surface area contributed by atoms with E-state index in [2.05, 4.69) is 48.2 Å². The second kappa shape index (κ2) is 14.5. The van der Waals surface area contributed by atoms with Gasteiger partial charge in [0.05, 0.1) is 31.8 Å². The van der Waals surface area contributed by atoms with Crippen LogP contribution in [0.25, 0.3) is 11.1 Å². The maximum atomic E-state index is 11.7. The van der Waals surface area contributed by atoms with E-state index in [1.54, 1.807) is 0 Å². The number of hydrogen-bond donors (Lipinski definition) is 1. The summed E-state index contributed by atoms with van der Waals surface area (Å²) in [6, 6.07) is 16.8. The summed E-state index contributed by atoms with van der Waals surface area (Å²) in [5.74, 6) is -0.320. The summed E-state index contributed by atoms with van der Waals surface area (Å²) in [5, 5.41) is 0. The zero-order valence-electron chi connectivity index (χ0n) is 22.4. The first-order valence-corrected chi connectivity index (χ1v) is 14.2. The summed E-state index contributed by atoms with van der Waals surface area (Å²) in [6.07, 6.45) is 14.4. The normalized spacial score (nSPS) is 22.9.